The fourth-order valence-electron chi connectivity index (χ4n) is 2.45. The first kappa shape index (κ1) is 20.9. The van der Waals surface area contributed by atoms with E-state index in [1.807, 2.05) is 0 Å². The average Bonchev–Trinajstić information content (AvgIpc) is 3.07. The number of hydrogen-bond acceptors (Lipinski definition) is 4. The summed E-state index contributed by atoms with van der Waals surface area (Å²) in [6, 6.07) is 6.47. The highest BCUT2D eigenvalue weighted by molar-refractivity contribution is 7.89. The van der Waals surface area contributed by atoms with Gasteiger partial charge in [0.05, 0.1) is 4.90 Å². The molecule has 1 aromatic carbocycles. The summed E-state index contributed by atoms with van der Waals surface area (Å²) in [7, 11) is -3.38. The van der Waals surface area contributed by atoms with Crippen molar-refractivity contribution in [3.8, 4) is 0 Å². The number of nitrogens with two attached hydrogens (primary N) is 1. The summed E-state index contributed by atoms with van der Waals surface area (Å²) < 4.78 is 26.4. The number of carbonyl (C=O) groups excluding carboxylic acids is 1. The molecule has 1 amide bonds. The van der Waals surface area contributed by atoms with E-state index >= 15 is 0 Å². The van der Waals surface area contributed by atoms with Gasteiger partial charge in [-0.1, -0.05) is 19.1 Å². The number of halogens is 1. The van der Waals surface area contributed by atoms with Crippen LogP contribution < -0.4 is 11.1 Å². The van der Waals surface area contributed by atoms with Crippen LogP contribution in [0.2, 0.25) is 0 Å². The van der Waals surface area contributed by atoms with Crippen molar-refractivity contribution in [1.82, 2.24) is 9.62 Å². The van der Waals surface area contributed by atoms with Gasteiger partial charge in [0.15, 0.2) is 0 Å². The van der Waals surface area contributed by atoms with Crippen LogP contribution in [0.1, 0.15) is 32.3 Å². The van der Waals surface area contributed by atoms with E-state index in [2.05, 4.69) is 5.32 Å². The molecule has 0 spiro atoms. The second kappa shape index (κ2) is 8.80. The average molecular weight is 376 g/mol. The minimum atomic E-state index is -3.38. The van der Waals surface area contributed by atoms with Gasteiger partial charge in [-0.05, 0) is 37.5 Å². The van der Waals surface area contributed by atoms with Gasteiger partial charge < -0.3 is 11.1 Å². The van der Waals surface area contributed by atoms with Crippen molar-refractivity contribution in [2.24, 2.45) is 11.7 Å². The van der Waals surface area contributed by atoms with Crippen molar-refractivity contribution in [3.05, 3.63) is 29.8 Å². The lowest BCUT2D eigenvalue weighted by Crippen LogP contribution is -2.38. The number of nitrogens with zero attached hydrogens (tertiary/aromatic N) is 1. The first-order chi connectivity index (χ1) is 10.8. The smallest absolute Gasteiger partial charge is 0.243 e. The lowest BCUT2D eigenvalue weighted by atomic mass is 10.0. The molecule has 6 nitrogen and oxygen atoms in total. The van der Waals surface area contributed by atoms with Crippen LogP contribution in [0.4, 0.5) is 0 Å². The molecule has 0 aliphatic carbocycles. The Labute approximate surface area is 150 Å². The first-order valence-corrected chi connectivity index (χ1v) is 9.39. The van der Waals surface area contributed by atoms with E-state index in [4.69, 9.17) is 5.73 Å². The monoisotopic (exact) mass is 375 g/mol. The van der Waals surface area contributed by atoms with Gasteiger partial charge in [-0.3, -0.25) is 4.79 Å². The number of rotatable bonds is 6. The Morgan fingerprint density at radius 1 is 1.21 bits per heavy atom. The molecule has 3 N–H and O–H groups in total. The van der Waals surface area contributed by atoms with E-state index < -0.39 is 10.0 Å². The fourth-order valence-corrected chi connectivity index (χ4v) is 3.96. The molecule has 0 saturated carbocycles. The fraction of sp³-hybridized carbons (Fsp3) is 0.562. The number of benzene rings is 1. The van der Waals surface area contributed by atoms with Crippen LogP contribution in [0.25, 0.3) is 0 Å². The molecule has 0 aromatic heterocycles. The van der Waals surface area contributed by atoms with E-state index in [1.165, 1.54) is 4.31 Å². The summed E-state index contributed by atoms with van der Waals surface area (Å²) in [6.07, 6.45) is 1.84. The topological polar surface area (TPSA) is 92.5 Å². The van der Waals surface area contributed by atoms with Gasteiger partial charge in [0, 0.05) is 31.6 Å². The molecule has 8 heteroatoms. The number of carbonyl (C=O) groups is 1. The van der Waals surface area contributed by atoms with Gasteiger partial charge in [-0.2, -0.15) is 4.31 Å². The van der Waals surface area contributed by atoms with E-state index in [9.17, 15) is 13.2 Å². The molecule has 1 aromatic rings. The minimum Gasteiger partial charge on any atom is -0.352 e. The zero-order valence-corrected chi connectivity index (χ0v) is 15.7. The predicted molar refractivity (Wildman–Crippen MR) is 96.3 cm³/mol. The molecule has 1 fully saturated rings. The van der Waals surface area contributed by atoms with Crippen molar-refractivity contribution in [2.75, 3.05) is 13.1 Å². The highest BCUT2D eigenvalue weighted by Crippen LogP contribution is 2.21. The summed E-state index contributed by atoms with van der Waals surface area (Å²) in [4.78, 5) is 12.2. The third-order valence-corrected chi connectivity index (χ3v) is 6.21. The van der Waals surface area contributed by atoms with Crippen LogP contribution in [0.15, 0.2) is 29.2 Å². The molecular formula is C16H26ClN3O3S. The third-order valence-electron chi connectivity index (χ3n) is 4.30. The Balaban J connectivity index is 0.00000288. The first-order valence-electron chi connectivity index (χ1n) is 7.95. The molecule has 1 aliphatic heterocycles. The normalized spacial score (nSPS) is 17.8. The highest BCUT2D eigenvalue weighted by atomic mass is 35.5. The molecule has 1 saturated heterocycles. The van der Waals surface area contributed by atoms with Crippen molar-refractivity contribution >= 4 is 28.3 Å². The molecule has 136 valence electrons. The van der Waals surface area contributed by atoms with Gasteiger partial charge in [0.2, 0.25) is 15.9 Å². The van der Waals surface area contributed by atoms with Gasteiger partial charge >= 0.3 is 0 Å². The second-order valence-electron chi connectivity index (χ2n) is 6.12. The molecule has 1 aliphatic rings. The van der Waals surface area contributed by atoms with Crippen molar-refractivity contribution in [2.45, 2.75) is 44.2 Å². The summed E-state index contributed by atoms with van der Waals surface area (Å²) in [5, 5.41) is 2.81. The predicted octanol–water partition coefficient (Wildman–Crippen LogP) is 1.49. The molecule has 2 atom stereocenters. The Kier molecular flexibility index (Phi) is 7.66. The zero-order valence-electron chi connectivity index (χ0n) is 14.1. The van der Waals surface area contributed by atoms with E-state index in [0.29, 0.717) is 24.5 Å². The molecule has 2 unspecified atom stereocenters. The summed E-state index contributed by atoms with van der Waals surface area (Å²) >= 11 is 0. The van der Waals surface area contributed by atoms with Gasteiger partial charge in [0.1, 0.15) is 0 Å². The number of amides is 1. The Morgan fingerprint density at radius 3 is 2.25 bits per heavy atom. The van der Waals surface area contributed by atoms with Crippen molar-refractivity contribution in [3.63, 3.8) is 0 Å². The number of nitrogens with one attached hydrogen (secondary N) is 1. The zero-order chi connectivity index (χ0) is 17.0. The quantitative estimate of drug-likeness (QED) is 0.787. The maximum Gasteiger partial charge on any atom is 0.243 e. The maximum absolute atomic E-state index is 12.4. The highest BCUT2D eigenvalue weighted by Gasteiger charge is 2.26. The third kappa shape index (κ3) is 4.92. The van der Waals surface area contributed by atoms with Crippen LogP contribution in [0.3, 0.4) is 0 Å². The van der Waals surface area contributed by atoms with Crippen molar-refractivity contribution < 1.29 is 13.2 Å². The van der Waals surface area contributed by atoms with Gasteiger partial charge in [-0.15, -0.1) is 12.4 Å². The number of sulfonamides is 1. The maximum atomic E-state index is 12.4. The second-order valence-corrected chi connectivity index (χ2v) is 8.06. The Bertz CT molecular complexity index is 641. The number of hydrogen-bond donors (Lipinski definition) is 2. The van der Waals surface area contributed by atoms with E-state index in [1.54, 1.807) is 38.1 Å². The van der Waals surface area contributed by atoms with Crippen molar-refractivity contribution in [1.29, 1.82) is 0 Å². The van der Waals surface area contributed by atoms with Crippen LogP contribution in [0.5, 0.6) is 0 Å². The Morgan fingerprint density at radius 2 is 1.75 bits per heavy atom. The molecule has 1 heterocycles. The molecule has 0 bridgehead atoms. The van der Waals surface area contributed by atoms with E-state index in [-0.39, 0.29) is 30.3 Å². The standard InChI is InChI=1S/C16H25N3O3S.ClH/c1-12(13(2)17)16(20)18-11-14-5-7-15(8-6-14)23(21,22)19-9-3-4-10-19;/h5-8,12-13H,3-4,9-11,17H2,1-2H3,(H,18,20);1H. The lowest BCUT2D eigenvalue weighted by molar-refractivity contribution is -0.125. The summed E-state index contributed by atoms with van der Waals surface area (Å²) in [6.45, 7) is 5.12. The van der Waals surface area contributed by atoms with Crippen LogP contribution in [-0.4, -0.2) is 37.8 Å². The Hall–Kier alpha value is -1.15. The molecule has 0 radical (unpaired) electrons. The summed E-state index contributed by atoms with van der Waals surface area (Å²) in [5.74, 6) is -0.362. The molecular weight excluding hydrogens is 350 g/mol. The van der Waals surface area contributed by atoms with E-state index in [0.717, 1.165) is 18.4 Å². The lowest BCUT2D eigenvalue weighted by Gasteiger charge is -2.16. The molecule has 2 rings (SSSR count). The summed E-state index contributed by atoms with van der Waals surface area (Å²) in [5.41, 5.74) is 6.56. The minimum absolute atomic E-state index is 0. The molecule has 24 heavy (non-hydrogen) atoms. The van der Waals surface area contributed by atoms with Crippen LogP contribution in [0, 0.1) is 5.92 Å². The van der Waals surface area contributed by atoms with Gasteiger partial charge in [-0.25, -0.2) is 8.42 Å². The van der Waals surface area contributed by atoms with Gasteiger partial charge in [0.25, 0.3) is 0 Å². The van der Waals surface area contributed by atoms with Crippen LogP contribution >= 0.6 is 12.4 Å². The SMILES string of the molecule is CC(N)C(C)C(=O)NCc1ccc(S(=O)(=O)N2CCCC2)cc1.Cl. The largest absolute Gasteiger partial charge is 0.352 e. The van der Waals surface area contributed by atoms with Crippen LogP contribution in [-0.2, 0) is 21.4 Å².